The van der Waals surface area contributed by atoms with Crippen LogP contribution in [0.25, 0.3) is 28.3 Å². The number of hydrogen-bond donors (Lipinski definition) is 2. The van der Waals surface area contributed by atoms with Crippen LogP contribution in [0.5, 0.6) is 0 Å². The summed E-state index contributed by atoms with van der Waals surface area (Å²) < 4.78 is 8.52. The number of benzene rings is 1. The van der Waals surface area contributed by atoms with Gasteiger partial charge in [-0.2, -0.15) is 14.6 Å². The summed E-state index contributed by atoms with van der Waals surface area (Å²) >= 11 is 0. The standard InChI is InChI=1S/C24H24N8O2/c25-24-29-22-17(21-28-20(30-32(21)24)18-12-7-13-34-18)14-26-31(22)19(15-8-3-1-4-9-15)23(33)27-16-10-5-2-6-11-16/h1,3-4,7-9,12-14,16,19H,2,5-6,10-11H2,(H2,25,29)(H,27,33). The number of rotatable bonds is 5. The summed E-state index contributed by atoms with van der Waals surface area (Å²) in [4.78, 5) is 22.8. The number of hydrogen-bond acceptors (Lipinski definition) is 7. The van der Waals surface area contributed by atoms with E-state index in [1.165, 1.54) is 10.9 Å². The molecule has 34 heavy (non-hydrogen) atoms. The number of nitrogens with two attached hydrogens (primary N) is 1. The molecule has 1 aliphatic rings. The van der Waals surface area contributed by atoms with Crippen LogP contribution >= 0.6 is 0 Å². The average Bonchev–Trinajstić information content (AvgIpc) is 3.61. The highest BCUT2D eigenvalue weighted by Crippen LogP contribution is 2.28. The zero-order chi connectivity index (χ0) is 23.1. The summed E-state index contributed by atoms with van der Waals surface area (Å²) in [5, 5.41) is 12.9. The maximum Gasteiger partial charge on any atom is 0.249 e. The lowest BCUT2D eigenvalue weighted by Gasteiger charge is -2.26. The first-order valence-electron chi connectivity index (χ1n) is 11.5. The van der Waals surface area contributed by atoms with Gasteiger partial charge in [-0.15, -0.1) is 5.10 Å². The van der Waals surface area contributed by atoms with Gasteiger partial charge in [0.1, 0.15) is 0 Å². The molecule has 0 radical (unpaired) electrons. The Morgan fingerprint density at radius 3 is 2.65 bits per heavy atom. The number of fused-ring (bicyclic) bond motifs is 3. The summed E-state index contributed by atoms with van der Waals surface area (Å²) in [6, 6.07) is 12.6. The molecule has 10 heteroatoms. The molecule has 1 aromatic carbocycles. The second-order valence-electron chi connectivity index (χ2n) is 8.60. The van der Waals surface area contributed by atoms with Gasteiger partial charge in [-0.25, -0.2) is 9.67 Å². The number of anilines is 1. The number of aromatic nitrogens is 6. The zero-order valence-corrected chi connectivity index (χ0v) is 18.5. The highest BCUT2D eigenvalue weighted by molar-refractivity contribution is 5.92. The molecule has 5 aromatic rings. The Hall–Kier alpha value is -4.21. The molecule has 1 amide bonds. The average molecular weight is 457 g/mol. The smallest absolute Gasteiger partial charge is 0.249 e. The largest absolute Gasteiger partial charge is 0.461 e. The van der Waals surface area contributed by atoms with Crippen molar-refractivity contribution >= 4 is 28.5 Å². The second kappa shape index (κ2) is 8.29. The minimum atomic E-state index is -0.692. The molecule has 1 fully saturated rings. The maximum atomic E-state index is 13.6. The van der Waals surface area contributed by atoms with Gasteiger partial charge in [-0.1, -0.05) is 49.6 Å². The van der Waals surface area contributed by atoms with Gasteiger partial charge in [0.25, 0.3) is 0 Å². The summed E-state index contributed by atoms with van der Waals surface area (Å²) in [6.45, 7) is 0. The molecular weight excluding hydrogens is 432 g/mol. The highest BCUT2D eigenvalue weighted by Gasteiger charge is 2.29. The molecule has 0 bridgehead atoms. The van der Waals surface area contributed by atoms with Crippen LogP contribution in [0.15, 0.2) is 59.3 Å². The first-order chi connectivity index (χ1) is 16.7. The quantitative estimate of drug-likeness (QED) is 0.415. The Morgan fingerprint density at radius 1 is 1.06 bits per heavy atom. The predicted molar refractivity (Wildman–Crippen MR) is 126 cm³/mol. The van der Waals surface area contributed by atoms with Gasteiger partial charge in [0.05, 0.1) is 17.8 Å². The van der Waals surface area contributed by atoms with Gasteiger partial charge < -0.3 is 15.5 Å². The Bertz CT molecular complexity index is 1450. The minimum absolute atomic E-state index is 0.110. The van der Waals surface area contributed by atoms with E-state index in [1.54, 1.807) is 29.3 Å². The number of nitrogens with one attached hydrogen (secondary N) is 1. The first kappa shape index (κ1) is 20.4. The third kappa shape index (κ3) is 3.47. The zero-order valence-electron chi connectivity index (χ0n) is 18.5. The number of nitrogen functional groups attached to an aromatic ring is 1. The molecule has 0 saturated heterocycles. The second-order valence-corrected chi connectivity index (χ2v) is 8.60. The van der Waals surface area contributed by atoms with Gasteiger partial charge >= 0.3 is 0 Å². The van der Waals surface area contributed by atoms with Gasteiger partial charge in [0.2, 0.25) is 17.7 Å². The third-order valence-corrected chi connectivity index (χ3v) is 6.36. The molecule has 4 heterocycles. The molecular formula is C24H24N8O2. The number of carbonyl (C=O) groups excluding carboxylic acids is 1. The monoisotopic (exact) mass is 456 g/mol. The van der Waals surface area contributed by atoms with Crippen molar-refractivity contribution in [2.24, 2.45) is 0 Å². The van der Waals surface area contributed by atoms with E-state index in [-0.39, 0.29) is 17.9 Å². The van der Waals surface area contributed by atoms with Gasteiger partial charge in [0, 0.05) is 6.04 Å². The molecule has 10 nitrogen and oxygen atoms in total. The van der Waals surface area contributed by atoms with Crippen molar-refractivity contribution in [2.45, 2.75) is 44.2 Å². The molecule has 0 aliphatic heterocycles. The van der Waals surface area contributed by atoms with Crippen molar-refractivity contribution in [2.75, 3.05) is 5.73 Å². The van der Waals surface area contributed by atoms with Crippen molar-refractivity contribution in [3.63, 3.8) is 0 Å². The summed E-state index contributed by atoms with van der Waals surface area (Å²) in [5.74, 6) is 0.959. The fourth-order valence-corrected chi connectivity index (χ4v) is 4.69. The lowest BCUT2D eigenvalue weighted by atomic mass is 9.95. The van der Waals surface area contributed by atoms with E-state index in [9.17, 15) is 4.79 Å². The Labute approximate surface area is 194 Å². The van der Waals surface area contributed by atoms with E-state index in [2.05, 4.69) is 25.5 Å². The first-order valence-corrected chi connectivity index (χ1v) is 11.5. The predicted octanol–water partition coefficient (Wildman–Crippen LogP) is 3.35. The van der Waals surface area contributed by atoms with Crippen molar-refractivity contribution in [1.82, 2.24) is 34.7 Å². The van der Waals surface area contributed by atoms with E-state index in [1.807, 2.05) is 30.3 Å². The summed E-state index contributed by atoms with van der Waals surface area (Å²) in [7, 11) is 0. The van der Waals surface area contributed by atoms with Crippen LogP contribution in [0, 0.1) is 0 Å². The Kier molecular flexibility index (Phi) is 4.97. The summed E-state index contributed by atoms with van der Waals surface area (Å²) in [5.41, 5.74) is 8.05. The number of furan rings is 1. The molecule has 172 valence electrons. The fraction of sp³-hybridized carbons (Fsp3) is 0.292. The molecule has 1 saturated carbocycles. The van der Waals surface area contributed by atoms with E-state index in [4.69, 9.17) is 10.2 Å². The van der Waals surface area contributed by atoms with E-state index in [0.717, 1.165) is 31.2 Å². The number of nitrogens with zero attached hydrogens (tertiary/aromatic N) is 6. The topological polar surface area (TPSA) is 129 Å². The van der Waals surface area contributed by atoms with Crippen molar-refractivity contribution in [3.8, 4) is 11.6 Å². The summed E-state index contributed by atoms with van der Waals surface area (Å²) in [6.07, 6.45) is 8.69. The number of carbonyl (C=O) groups is 1. The van der Waals surface area contributed by atoms with Crippen LogP contribution in [0.2, 0.25) is 0 Å². The molecule has 1 unspecified atom stereocenters. The van der Waals surface area contributed by atoms with Gasteiger partial charge in [-0.05, 0) is 30.5 Å². The van der Waals surface area contributed by atoms with Gasteiger partial charge in [-0.3, -0.25) is 4.79 Å². The van der Waals surface area contributed by atoms with Crippen LogP contribution in [-0.2, 0) is 4.79 Å². The lowest BCUT2D eigenvalue weighted by molar-refractivity contribution is -0.124. The molecule has 1 aliphatic carbocycles. The highest BCUT2D eigenvalue weighted by atomic mass is 16.3. The molecule has 4 aromatic heterocycles. The third-order valence-electron chi connectivity index (χ3n) is 6.36. The number of amides is 1. The Morgan fingerprint density at radius 2 is 1.88 bits per heavy atom. The van der Waals surface area contributed by atoms with Crippen molar-refractivity contribution < 1.29 is 9.21 Å². The van der Waals surface area contributed by atoms with Crippen LogP contribution < -0.4 is 11.1 Å². The minimum Gasteiger partial charge on any atom is -0.461 e. The molecule has 0 spiro atoms. The van der Waals surface area contributed by atoms with Crippen molar-refractivity contribution in [1.29, 1.82) is 0 Å². The van der Waals surface area contributed by atoms with E-state index in [0.29, 0.717) is 28.3 Å². The Balaban J connectivity index is 1.47. The maximum absolute atomic E-state index is 13.6. The van der Waals surface area contributed by atoms with Crippen LogP contribution in [0.1, 0.15) is 43.7 Å². The van der Waals surface area contributed by atoms with E-state index >= 15 is 0 Å². The molecule has 6 rings (SSSR count). The molecule has 3 N–H and O–H groups in total. The lowest BCUT2D eigenvalue weighted by Crippen LogP contribution is -2.41. The van der Waals surface area contributed by atoms with Crippen LogP contribution in [0.4, 0.5) is 5.95 Å². The molecule has 1 atom stereocenters. The van der Waals surface area contributed by atoms with Gasteiger partial charge in [0.15, 0.2) is 23.1 Å². The normalized spacial score (nSPS) is 15.6. The van der Waals surface area contributed by atoms with Crippen molar-refractivity contribution in [3.05, 3.63) is 60.5 Å². The fourth-order valence-electron chi connectivity index (χ4n) is 4.69. The van der Waals surface area contributed by atoms with Crippen LogP contribution in [-0.4, -0.2) is 41.3 Å². The SMILES string of the molecule is Nc1nc2c(cnn2C(C(=O)NC2CCCCC2)c2ccccc2)c2nc(-c3ccco3)nn12. The van der Waals surface area contributed by atoms with E-state index < -0.39 is 6.04 Å². The van der Waals surface area contributed by atoms with Crippen LogP contribution in [0.3, 0.4) is 0 Å².